The summed E-state index contributed by atoms with van der Waals surface area (Å²) in [4.78, 5) is 13.5. The molecule has 1 fully saturated rings. The molecule has 18 heavy (non-hydrogen) atoms. The van der Waals surface area contributed by atoms with Gasteiger partial charge in [0.1, 0.15) is 0 Å². The lowest BCUT2D eigenvalue weighted by Crippen LogP contribution is -2.20. The Bertz CT molecular complexity index is 391. The van der Waals surface area contributed by atoms with Crippen molar-refractivity contribution in [1.29, 1.82) is 0 Å². The number of carbonyl (C=O) groups is 1. The molecule has 1 aliphatic heterocycles. The molecule has 1 heterocycles. The Balaban J connectivity index is 0.00000162. The van der Waals surface area contributed by atoms with Crippen LogP contribution in [0.4, 0.5) is 0 Å². The monoisotopic (exact) mass is 268 g/mol. The molecule has 4 heteroatoms. The Morgan fingerprint density at radius 1 is 1.39 bits per heavy atom. The Kier molecular flexibility index (Phi) is 5.63. The number of benzene rings is 1. The minimum Gasteiger partial charge on any atom is -0.366 e. The van der Waals surface area contributed by atoms with E-state index < -0.39 is 0 Å². The third-order valence-corrected chi connectivity index (χ3v) is 3.48. The highest BCUT2D eigenvalue weighted by Crippen LogP contribution is 2.27. The number of hydrogen-bond donors (Lipinski definition) is 1. The fraction of sp³-hybridized carbons (Fsp3) is 0.500. The summed E-state index contributed by atoms with van der Waals surface area (Å²) in [6.45, 7) is 5.74. The number of rotatable bonds is 4. The highest BCUT2D eigenvalue weighted by Gasteiger charge is 2.22. The SMILES string of the molecule is CCCN1CC[C@@H](c2ccc(C(N)=O)cc2)C1.Cl. The number of nitrogens with two attached hydrogens (primary N) is 1. The van der Waals surface area contributed by atoms with Gasteiger partial charge in [0.05, 0.1) is 0 Å². The zero-order valence-corrected chi connectivity index (χ0v) is 11.6. The van der Waals surface area contributed by atoms with E-state index >= 15 is 0 Å². The molecule has 100 valence electrons. The van der Waals surface area contributed by atoms with Gasteiger partial charge < -0.3 is 10.6 Å². The first kappa shape index (κ1) is 15.0. The fourth-order valence-electron chi connectivity index (χ4n) is 2.54. The highest BCUT2D eigenvalue weighted by atomic mass is 35.5. The molecule has 2 N–H and O–H groups in total. The van der Waals surface area contributed by atoms with Gasteiger partial charge >= 0.3 is 0 Å². The molecule has 0 saturated carbocycles. The van der Waals surface area contributed by atoms with E-state index in [4.69, 9.17) is 5.73 Å². The van der Waals surface area contributed by atoms with Crippen LogP contribution in [0.1, 0.15) is 41.6 Å². The van der Waals surface area contributed by atoms with Gasteiger partial charge in [0.15, 0.2) is 0 Å². The second-order valence-corrected chi connectivity index (χ2v) is 4.77. The molecule has 1 aliphatic rings. The van der Waals surface area contributed by atoms with Gasteiger partial charge in [0, 0.05) is 12.1 Å². The molecule has 0 aliphatic carbocycles. The van der Waals surface area contributed by atoms with Gasteiger partial charge in [-0.3, -0.25) is 4.79 Å². The van der Waals surface area contributed by atoms with Crippen LogP contribution in [-0.4, -0.2) is 30.4 Å². The first-order chi connectivity index (χ1) is 8.20. The highest BCUT2D eigenvalue weighted by molar-refractivity contribution is 5.92. The summed E-state index contributed by atoms with van der Waals surface area (Å²) in [5.41, 5.74) is 7.15. The number of primary amides is 1. The van der Waals surface area contributed by atoms with Crippen LogP contribution >= 0.6 is 12.4 Å². The molecular weight excluding hydrogens is 248 g/mol. The van der Waals surface area contributed by atoms with Gasteiger partial charge in [-0.25, -0.2) is 0 Å². The van der Waals surface area contributed by atoms with Crippen LogP contribution in [-0.2, 0) is 0 Å². The lowest BCUT2D eigenvalue weighted by Gasteiger charge is -2.14. The molecule has 0 spiro atoms. The van der Waals surface area contributed by atoms with Crippen LogP contribution in [0.25, 0.3) is 0 Å². The maximum Gasteiger partial charge on any atom is 0.248 e. The number of nitrogens with zero attached hydrogens (tertiary/aromatic N) is 1. The molecular formula is C14H21ClN2O. The minimum absolute atomic E-state index is 0. The van der Waals surface area contributed by atoms with Crippen molar-refractivity contribution >= 4 is 18.3 Å². The van der Waals surface area contributed by atoms with E-state index in [0.29, 0.717) is 11.5 Å². The first-order valence-electron chi connectivity index (χ1n) is 6.33. The van der Waals surface area contributed by atoms with Crippen LogP contribution in [0.2, 0.25) is 0 Å². The maximum atomic E-state index is 11.0. The van der Waals surface area contributed by atoms with E-state index in [2.05, 4.69) is 11.8 Å². The van der Waals surface area contributed by atoms with E-state index in [0.717, 1.165) is 6.54 Å². The summed E-state index contributed by atoms with van der Waals surface area (Å²) in [7, 11) is 0. The van der Waals surface area contributed by atoms with Crippen molar-refractivity contribution < 1.29 is 4.79 Å². The molecule has 0 radical (unpaired) electrons. The van der Waals surface area contributed by atoms with Crippen molar-refractivity contribution in [2.24, 2.45) is 5.73 Å². The Morgan fingerprint density at radius 2 is 2.06 bits per heavy atom. The molecule has 1 atom stereocenters. The third-order valence-electron chi connectivity index (χ3n) is 3.48. The third kappa shape index (κ3) is 3.47. The average Bonchev–Trinajstić information content (AvgIpc) is 2.78. The van der Waals surface area contributed by atoms with Crippen molar-refractivity contribution in [2.45, 2.75) is 25.7 Å². The molecule has 1 amide bonds. The first-order valence-corrected chi connectivity index (χ1v) is 6.33. The number of carbonyl (C=O) groups excluding carboxylic acids is 1. The number of halogens is 1. The predicted octanol–water partition coefficient (Wildman–Crippen LogP) is 2.41. The Labute approximate surface area is 115 Å². The van der Waals surface area contributed by atoms with E-state index in [9.17, 15) is 4.79 Å². The Hall–Kier alpha value is -1.06. The average molecular weight is 269 g/mol. The minimum atomic E-state index is -0.351. The topological polar surface area (TPSA) is 46.3 Å². The molecule has 0 unspecified atom stereocenters. The molecule has 1 saturated heterocycles. The zero-order valence-electron chi connectivity index (χ0n) is 10.8. The van der Waals surface area contributed by atoms with Crippen molar-refractivity contribution in [2.75, 3.05) is 19.6 Å². The zero-order chi connectivity index (χ0) is 12.3. The van der Waals surface area contributed by atoms with E-state index in [1.165, 1.54) is 31.5 Å². The summed E-state index contributed by atoms with van der Waals surface area (Å²) in [5.74, 6) is 0.263. The summed E-state index contributed by atoms with van der Waals surface area (Å²) in [6.07, 6.45) is 2.43. The van der Waals surface area contributed by atoms with E-state index in [1.54, 1.807) is 0 Å². The number of likely N-dealkylation sites (tertiary alicyclic amines) is 1. The summed E-state index contributed by atoms with van der Waals surface area (Å²) in [6, 6.07) is 7.75. The largest absolute Gasteiger partial charge is 0.366 e. The standard InChI is InChI=1S/C14H20N2O.ClH/c1-2-8-16-9-7-13(10-16)11-3-5-12(6-4-11)14(15)17;/h3-6,13H,2,7-10H2,1H3,(H2,15,17);1H/t13-;/m1./s1. The van der Waals surface area contributed by atoms with Crippen molar-refractivity contribution in [3.8, 4) is 0 Å². The molecule has 1 aromatic carbocycles. The lowest BCUT2D eigenvalue weighted by atomic mass is 9.97. The van der Waals surface area contributed by atoms with Crippen LogP contribution in [0.15, 0.2) is 24.3 Å². The van der Waals surface area contributed by atoms with Gasteiger partial charge in [-0.2, -0.15) is 0 Å². The molecule has 1 aromatic rings. The number of amides is 1. The summed E-state index contributed by atoms with van der Waals surface area (Å²) in [5, 5.41) is 0. The second kappa shape index (κ2) is 6.76. The summed E-state index contributed by atoms with van der Waals surface area (Å²) < 4.78 is 0. The van der Waals surface area contributed by atoms with Gasteiger partial charge in [-0.15, -0.1) is 12.4 Å². The predicted molar refractivity (Wildman–Crippen MR) is 76.3 cm³/mol. The van der Waals surface area contributed by atoms with Gasteiger partial charge in [0.25, 0.3) is 0 Å². The van der Waals surface area contributed by atoms with E-state index in [1.807, 2.05) is 24.3 Å². The smallest absolute Gasteiger partial charge is 0.248 e. The molecule has 0 bridgehead atoms. The Morgan fingerprint density at radius 3 is 2.61 bits per heavy atom. The van der Waals surface area contributed by atoms with E-state index in [-0.39, 0.29) is 18.3 Å². The van der Waals surface area contributed by atoms with Crippen LogP contribution in [0.3, 0.4) is 0 Å². The van der Waals surface area contributed by atoms with Gasteiger partial charge in [0.2, 0.25) is 5.91 Å². The van der Waals surface area contributed by atoms with Crippen LogP contribution in [0, 0.1) is 0 Å². The molecule has 3 nitrogen and oxygen atoms in total. The molecule has 0 aromatic heterocycles. The van der Waals surface area contributed by atoms with Crippen molar-refractivity contribution in [3.63, 3.8) is 0 Å². The lowest BCUT2D eigenvalue weighted by molar-refractivity contribution is 0.100. The van der Waals surface area contributed by atoms with Crippen molar-refractivity contribution in [3.05, 3.63) is 35.4 Å². The quantitative estimate of drug-likeness (QED) is 0.912. The van der Waals surface area contributed by atoms with Gasteiger partial charge in [-0.05, 0) is 49.5 Å². The van der Waals surface area contributed by atoms with Gasteiger partial charge in [-0.1, -0.05) is 19.1 Å². The normalized spacial score (nSPS) is 19.5. The second-order valence-electron chi connectivity index (χ2n) is 4.77. The maximum absolute atomic E-state index is 11.0. The molecule has 2 rings (SSSR count). The van der Waals surface area contributed by atoms with Crippen LogP contribution < -0.4 is 5.73 Å². The fourth-order valence-corrected chi connectivity index (χ4v) is 2.54. The number of hydrogen-bond acceptors (Lipinski definition) is 2. The van der Waals surface area contributed by atoms with Crippen molar-refractivity contribution in [1.82, 2.24) is 4.90 Å². The van der Waals surface area contributed by atoms with Crippen LogP contribution in [0.5, 0.6) is 0 Å². The summed E-state index contributed by atoms with van der Waals surface area (Å²) >= 11 is 0.